The molecule has 1 aromatic heterocycles. The molecule has 0 spiro atoms. The summed E-state index contributed by atoms with van der Waals surface area (Å²) in [7, 11) is 0. The normalized spacial score (nSPS) is 29.8. The number of aromatic nitrogens is 1. The van der Waals surface area contributed by atoms with Crippen LogP contribution in [0.3, 0.4) is 0 Å². The lowest BCUT2D eigenvalue weighted by molar-refractivity contribution is -0.137. The quantitative estimate of drug-likeness (QED) is 0.860. The number of ether oxygens (including phenoxy) is 1. The Labute approximate surface area is 151 Å². The Hall–Kier alpha value is -2.77. The second kappa shape index (κ2) is 5.37. The molecule has 140 valence electrons. The number of anilines is 1. The topological polar surface area (TPSA) is 71.2 Å². The van der Waals surface area contributed by atoms with E-state index in [1.807, 2.05) is 0 Å². The van der Waals surface area contributed by atoms with Gasteiger partial charge in [-0.15, -0.1) is 0 Å². The molecule has 4 aliphatic rings. The van der Waals surface area contributed by atoms with Crippen molar-refractivity contribution in [3.8, 4) is 5.75 Å². The van der Waals surface area contributed by atoms with Crippen LogP contribution in [-0.2, 0) is 6.18 Å². The molecule has 1 aromatic carbocycles. The number of nitrogens with one attached hydrogen (secondary N) is 2. The number of benzene rings is 1. The maximum atomic E-state index is 13.1. The van der Waals surface area contributed by atoms with E-state index >= 15 is 0 Å². The highest BCUT2D eigenvalue weighted by Crippen LogP contribution is 2.82. The fraction of sp³-hybridized carbons (Fsp3) is 0.368. The molecule has 4 saturated carbocycles. The third-order valence-corrected chi connectivity index (χ3v) is 5.84. The summed E-state index contributed by atoms with van der Waals surface area (Å²) < 4.78 is 45.2. The summed E-state index contributed by atoms with van der Waals surface area (Å²) >= 11 is 0. The number of fused-ring (bicyclic) bond motifs is 1. The van der Waals surface area contributed by atoms with Crippen molar-refractivity contribution in [1.29, 1.82) is 0 Å². The van der Waals surface area contributed by atoms with Crippen LogP contribution in [0.5, 0.6) is 5.75 Å². The number of aromatic amines is 1. The summed E-state index contributed by atoms with van der Waals surface area (Å²) in [6.07, 6.45) is -2.44. The van der Waals surface area contributed by atoms with Gasteiger partial charge in [0.25, 0.3) is 5.91 Å². The Kier molecular flexibility index (Phi) is 3.26. The highest BCUT2D eigenvalue weighted by molar-refractivity contribution is 6.06. The number of H-pyrrole nitrogens is 1. The molecule has 2 aromatic rings. The third-order valence-electron chi connectivity index (χ3n) is 5.84. The number of pyridine rings is 1. The van der Waals surface area contributed by atoms with Crippen molar-refractivity contribution in [2.24, 2.45) is 23.7 Å². The van der Waals surface area contributed by atoms with E-state index in [2.05, 4.69) is 10.3 Å². The van der Waals surface area contributed by atoms with Gasteiger partial charge in [0.15, 0.2) is 0 Å². The van der Waals surface area contributed by atoms with Crippen molar-refractivity contribution in [3.63, 3.8) is 0 Å². The van der Waals surface area contributed by atoms with Crippen LogP contribution in [0.25, 0.3) is 0 Å². The number of rotatable bonds is 4. The standard InChI is InChI=1S/C19H15F3N2O3/c20-19(21,22)8-1-2-10(18(26)24-9-3-4-23-14(25)6-9)12(5-8)27-13-7-11-15-16(11)17(13)15/h1-6,11,13,15-17H,7H2,(H2,23,24,25,26)/t11-,13?,15+,16?,17?/m0/s1. The molecule has 1 heterocycles. The van der Waals surface area contributed by atoms with Crippen molar-refractivity contribution in [2.75, 3.05) is 5.32 Å². The molecule has 2 bridgehead atoms. The summed E-state index contributed by atoms with van der Waals surface area (Å²) in [5.74, 6) is 1.74. The van der Waals surface area contributed by atoms with Crippen LogP contribution < -0.4 is 15.6 Å². The number of hydrogen-bond donors (Lipinski definition) is 2. The van der Waals surface area contributed by atoms with E-state index < -0.39 is 23.2 Å². The summed E-state index contributed by atoms with van der Waals surface area (Å²) in [6.45, 7) is 0. The number of amides is 1. The van der Waals surface area contributed by atoms with E-state index in [9.17, 15) is 22.8 Å². The Morgan fingerprint density at radius 1 is 1.15 bits per heavy atom. The molecule has 3 unspecified atom stereocenters. The smallest absolute Gasteiger partial charge is 0.416 e. The highest BCUT2D eigenvalue weighted by atomic mass is 19.4. The summed E-state index contributed by atoms with van der Waals surface area (Å²) in [4.78, 5) is 26.4. The van der Waals surface area contributed by atoms with E-state index in [-0.39, 0.29) is 23.1 Å². The molecule has 1 amide bonds. The molecule has 0 saturated heterocycles. The van der Waals surface area contributed by atoms with Crippen molar-refractivity contribution in [2.45, 2.75) is 18.7 Å². The number of carbonyl (C=O) groups is 1. The van der Waals surface area contributed by atoms with E-state index in [4.69, 9.17) is 4.74 Å². The van der Waals surface area contributed by atoms with Crippen LogP contribution in [0.15, 0.2) is 41.3 Å². The molecule has 6 rings (SSSR count). The van der Waals surface area contributed by atoms with E-state index in [1.54, 1.807) is 0 Å². The summed E-state index contributed by atoms with van der Waals surface area (Å²) in [5, 5.41) is 2.53. The molecule has 4 fully saturated rings. The number of hydrogen-bond acceptors (Lipinski definition) is 3. The fourth-order valence-corrected chi connectivity index (χ4v) is 4.47. The zero-order valence-corrected chi connectivity index (χ0v) is 13.9. The molecule has 8 heteroatoms. The van der Waals surface area contributed by atoms with Crippen LogP contribution in [0.1, 0.15) is 22.3 Å². The van der Waals surface area contributed by atoms with Crippen LogP contribution in [-0.4, -0.2) is 17.0 Å². The third kappa shape index (κ3) is 2.70. The average Bonchev–Trinajstić information content (AvgIpc) is 3.42. The zero-order chi connectivity index (χ0) is 18.9. The second-order valence-electron chi connectivity index (χ2n) is 7.39. The van der Waals surface area contributed by atoms with Gasteiger partial charge >= 0.3 is 6.18 Å². The minimum Gasteiger partial charge on any atom is -0.489 e. The van der Waals surface area contributed by atoms with Gasteiger partial charge in [0.2, 0.25) is 5.56 Å². The first-order valence-corrected chi connectivity index (χ1v) is 8.71. The lowest BCUT2D eigenvalue weighted by atomic mass is 10.1. The molecule has 27 heavy (non-hydrogen) atoms. The lowest BCUT2D eigenvalue weighted by Crippen LogP contribution is -2.20. The largest absolute Gasteiger partial charge is 0.489 e. The Bertz CT molecular complexity index is 983. The molecule has 0 aliphatic heterocycles. The first-order chi connectivity index (χ1) is 12.8. The van der Waals surface area contributed by atoms with Crippen molar-refractivity contribution in [3.05, 3.63) is 58.0 Å². The van der Waals surface area contributed by atoms with Crippen LogP contribution in [0.2, 0.25) is 0 Å². The van der Waals surface area contributed by atoms with Crippen molar-refractivity contribution >= 4 is 11.6 Å². The Balaban J connectivity index is 1.44. The fourth-order valence-electron chi connectivity index (χ4n) is 4.47. The maximum absolute atomic E-state index is 13.1. The Morgan fingerprint density at radius 2 is 1.93 bits per heavy atom. The minimum absolute atomic E-state index is 0.0161. The van der Waals surface area contributed by atoms with Gasteiger partial charge in [-0.25, -0.2) is 0 Å². The van der Waals surface area contributed by atoms with Gasteiger partial charge in [-0.3, -0.25) is 9.59 Å². The SMILES string of the molecule is O=C(Nc1cc[nH]c(=O)c1)c1ccc(C(F)(F)F)cc1OC1C[C@@H]2C3C1[C@@H]32. The van der Waals surface area contributed by atoms with Gasteiger partial charge in [0.1, 0.15) is 11.9 Å². The van der Waals surface area contributed by atoms with Crippen LogP contribution in [0, 0.1) is 23.7 Å². The maximum Gasteiger partial charge on any atom is 0.416 e. The molecule has 5 atom stereocenters. The summed E-state index contributed by atoms with van der Waals surface area (Å²) in [6, 6.07) is 5.54. The highest BCUT2D eigenvalue weighted by Gasteiger charge is 2.81. The predicted molar refractivity (Wildman–Crippen MR) is 89.5 cm³/mol. The van der Waals surface area contributed by atoms with Gasteiger partial charge in [-0.1, -0.05) is 0 Å². The summed E-state index contributed by atoms with van der Waals surface area (Å²) in [5.41, 5.74) is -0.988. The minimum atomic E-state index is -4.52. The molecule has 4 aliphatic carbocycles. The van der Waals surface area contributed by atoms with Gasteiger partial charge in [-0.05, 0) is 48.4 Å². The molecular weight excluding hydrogens is 361 g/mol. The Morgan fingerprint density at radius 3 is 2.56 bits per heavy atom. The zero-order valence-electron chi connectivity index (χ0n) is 13.9. The second-order valence-corrected chi connectivity index (χ2v) is 7.39. The van der Waals surface area contributed by atoms with Crippen LogP contribution in [0.4, 0.5) is 18.9 Å². The molecule has 5 nitrogen and oxygen atoms in total. The van der Waals surface area contributed by atoms with E-state index in [1.165, 1.54) is 18.3 Å². The molecular formula is C19H15F3N2O3. The monoisotopic (exact) mass is 376 g/mol. The van der Waals surface area contributed by atoms with Gasteiger partial charge in [-0.2, -0.15) is 13.2 Å². The number of alkyl halides is 3. The molecule has 2 N–H and O–H groups in total. The van der Waals surface area contributed by atoms with E-state index in [0.29, 0.717) is 23.7 Å². The van der Waals surface area contributed by atoms with Gasteiger partial charge < -0.3 is 15.0 Å². The van der Waals surface area contributed by atoms with Gasteiger partial charge in [0.05, 0.1) is 11.1 Å². The van der Waals surface area contributed by atoms with Crippen molar-refractivity contribution < 1.29 is 22.7 Å². The first-order valence-electron chi connectivity index (χ1n) is 8.71. The lowest BCUT2D eigenvalue weighted by Gasteiger charge is -2.18. The number of carbonyl (C=O) groups excluding carboxylic acids is 1. The first kappa shape index (κ1) is 16.4. The molecule has 0 radical (unpaired) electrons. The van der Waals surface area contributed by atoms with Crippen molar-refractivity contribution in [1.82, 2.24) is 4.98 Å². The number of halogens is 3. The van der Waals surface area contributed by atoms with E-state index in [0.717, 1.165) is 24.6 Å². The predicted octanol–water partition coefficient (Wildman–Crippen LogP) is 3.29. The van der Waals surface area contributed by atoms with Gasteiger partial charge in [0, 0.05) is 23.9 Å². The van der Waals surface area contributed by atoms with Crippen LogP contribution >= 0.6 is 0 Å². The average molecular weight is 376 g/mol.